The second kappa shape index (κ2) is 7.56. The van der Waals surface area contributed by atoms with E-state index in [0.717, 1.165) is 0 Å². The first-order chi connectivity index (χ1) is 5.75. The van der Waals surface area contributed by atoms with E-state index in [4.69, 9.17) is 0 Å². The molecule has 0 saturated heterocycles. The molecule has 0 amide bonds. The number of nitrogens with zero attached hydrogens (tertiary/aromatic N) is 1. The van der Waals surface area contributed by atoms with E-state index < -0.39 is 0 Å². The van der Waals surface area contributed by atoms with Gasteiger partial charge >= 0.3 is 0 Å². The van der Waals surface area contributed by atoms with Crippen molar-refractivity contribution < 1.29 is 0 Å². The highest BCUT2D eigenvalue weighted by molar-refractivity contribution is 5.85. The van der Waals surface area contributed by atoms with Crippen molar-refractivity contribution in [2.75, 3.05) is 14.1 Å². The summed E-state index contributed by atoms with van der Waals surface area (Å²) in [6, 6.07) is 10.7. The first-order valence-electron chi connectivity index (χ1n) is 4.09. The zero-order valence-corrected chi connectivity index (χ0v) is 9.63. The van der Waals surface area contributed by atoms with Gasteiger partial charge in [0.15, 0.2) is 0 Å². The summed E-state index contributed by atoms with van der Waals surface area (Å²) in [6.45, 7) is 3.82. The smallest absolute Gasteiger partial charge is 0.0523 e. The number of benzene rings is 1. The van der Waals surface area contributed by atoms with E-state index in [1.165, 1.54) is 5.56 Å². The maximum atomic E-state index is 3.82. The number of halogens is 1. The lowest BCUT2D eigenvalue weighted by Gasteiger charge is -2.20. The fourth-order valence-electron chi connectivity index (χ4n) is 1.30. The Hall–Kier alpha value is -0.830. The highest BCUT2D eigenvalue weighted by atomic mass is 35.5. The van der Waals surface area contributed by atoms with Crippen molar-refractivity contribution in [1.82, 2.24) is 11.1 Å². The molecule has 0 radical (unpaired) electrons. The monoisotopic (exact) mass is 214 g/mol. The quantitative estimate of drug-likeness (QED) is 0.786. The van der Waals surface area contributed by atoms with Crippen LogP contribution in [0.2, 0.25) is 0 Å². The maximum Gasteiger partial charge on any atom is 0.0523 e. The largest absolute Gasteiger partial charge is 0.344 e. The van der Waals surface area contributed by atoms with Gasteiger partial charge < -0.3 is 6.15 Å². The molecule has 3 N–H and O–H groups in total. The van der Waals surface area contributed by atoms with Crippen LogP contribution in [0.5, 0.6) is 0 Å². The molecule has 0 spiro atoms. The highest BCUT2D eigenvalue weighted by Crippen LogP contribution is 2.17. The Morgan fingerprint density at radius 3 is 2.07 bits per heavy atom. The third-order valence-corrected chi connectivity index (χ3v) is 1.92. The van der Waals surface area contributed by atoms with Gasteiger partial charge in [0, 0.05) is 0 Å². The summed E-state index contributed by atoms with van der Waals surface area (Å²) in [5.74, 6) is 0. The van der Waals surface area contributed by atoms with Crippen LogP contribution >= 0.6 is 12.4 Å². The Morgan fingerprint density at radius 1 is 1.21 bits per heavy atom. The van der Waals surface area contributed by atoms with Gasteiger partial charge in [-0.15, -0.1) is 19.0 Å². The van der Waals surface area contributed by atoms with Crippen molar-refractivity contribution in [3.05, 3.63) is 48.6 Å². The molecular weight excluding hydrogens is 196 g/mol. The number of hydrogen-bond acceptors (Lipinski definition) is 2. The summed E-state index contributed by atoms with van der Waals surface area (Å²) < 4.78 is 0. The van der Waals surface area contributed by atoms with Gasteiger partial charge in [-0.25, -0.2) is 0 Å². The molecule has 0 aliphatic heterocycles. The molecule has 14 heavy (non-hydrogen) atoms. The molecule has 1 rings (SSSR count). The molecule has 2 nitrogen and oxygen atoms in total. The zero-order valence-electron chi connectivity index (χ0n) is 8.81. The Bertz CT molecular complexity index is 247. The minimum absolute atomic E-state index is 0. The van der Waals surface area contributed by atoms with Crippen molar-refractivity contribution in [3.8, 4) is 0 Å². The Kier molecular flexibility index (Phi) is 8.44. The molecule has 0 fully saturated rings. The van der Waals surface area contributed by atoms with Crippen LogP contribution in [-0.2, 0) is 0 Å². The number of hydrogen-bond donors (Lipinski definition) is 1. The van der Waals surface area contributed by atoms with Crippen LogP contribution in [0.15, 0.2) is 43.0 Å². The molecule has 1 atom stereocenters. The third kappa shape index (κ3) is 3.92. The molecule has 0 bridgehead atoms. The molecule has 0 aromatic heterocycles. The average Bonchev–Trinajstić information content (AvgIpc) is 2.07. The van der Waals surface area contributed by atoms with Gasteiger partial charge in [-0.3, -0.25) is 4.90 Å². The highest BCUT2D eigenvalue weighted by Gasteiger charge is 2.07. The standard InChI is InChI=1S/C11H15N.ClH.H3N/c1-4-11(12(2)3)10-8-6-5-7-9-10;;/h4-9,11H,1H2,2-3H3;1H;1H3. The second-order valence-corrected chi connectivity index (χ2v) is 3.05. The molecule has 0 aliphatic carbocycles. The molecule has 80 valence electrons. The molecule has 1 unspecified atom stereocenters. The second-order valence-electron chi connectivity index (χ2n) is 3.05. The lowest BCUT2D eigenvalue weighted by molar-refractivity contribution is 0.351. The summed E-state index contributed by atoms with van der Waals surface area (Å²) in [5.41, 5.74) is 1.29. The van der Waals surface area contributed by atoms with Crippen LogP contribution in [0.3, 0.4) is 0 Å². The zero-order chi connectivity index (χ0) is 8.97. The average molecular weight is 215 g/mol. The Balaban J connectivity index is 0. The molecular formula is C11H19ClN2. The van der Waals surface area contributed by atoms with Crippen molar-refractivity contribution in [1.29, 1.82) is 0 Å². The summed E-state index contributed by atoms with van der Waals surface area (Å²) in [5, 5.41) is 0. The van der Waals surface area contributed by atoms with Gasteiger partial charge in [-0.1, -0.05) is 36.4 Å². The molecule has 0 saturated carbocycles. The first kappa shape index (κ1) is 15.6. The minimum atomic E-state index is 0. The van der Waals surface area contributed by atoms with E-state index in [0.29, 0.717) is 6.04 Å². The predicted molar refractivity (Wildman–Crippen MR) is 65.3 cm³/mol. The summed E-state index contributed by atoms with van der Waals surface area (Å²) >= 11 is 0. The van der Waals surface area contributed by atoms with Crippen LogP contribution < -0.4 is 6.15 Å². The van der Waals surface area contributed by atoms with Gasteiger partial charge in [0.25, 0.3) is 0 Å². The minimum Gasteiger partial charge on any atom is -0.344 e. The molecule has 1 aromatic rings. The van der Waals surface area contributed by atoms with E-state index in [9.17, 15) is 0 Å². The van der Waals surface area contributed by atoms with Gasteiger partial charge in [0.05, 0.1) is 6.04 Å². The molecule has 0 aliphatic rings. The van der Waals surface area contributed by atoms with Gasteiger partial charge in [-0.05, 0) is 19.7 Å². The molecule has 0 heterocycles. The Labute approximate surface area is 92.6 Å². The fraction of sp³-hybridized carbons (Fsp3) is 0.273. The van der Waals surface area contributed by atoms with E-state index >= 15 is 0 Å². The van der Waals surface area contributed by atoms with Gasteiger partial charge in [0.1, 0.15) is 0 Å². The van der Waals surface area contributed by atoms with Gasteiger partial charge in [0.2, 0.25) is 0 Å². The van der Waals surface area contributed by atoms with Crippen LogP contribution in [0.4, 0.5) is 0 Å². The normalized spacial score (nSPS) is 11.1. The van der Waals surface area contributed by atoms with E-state index in [-0.39, 0.29) is 18.6 Å². The van der Waals surface area contributed by atoms with Crippen molar-refractivity contribution >= 4 is 12.4 Å². The number of rotatable bonds is 3. The first-order valence-corrected chi connectivity index (χ1v) is 4.09. The number of likely N-dealkylation sites (N-methyl/N-ethyl adjacent to an activating group) is 1. The third-order valence-electron chi connectivity index (χ3n) is 1.92. The van der Waals surface area contributed by atoms with E-state index in [1.54, 1.807) is 0 Å². The SMILES string of the molecule is C=CC(c1ccccc1)N(C)C.Cl.N. The lowest BCUT2D eigenvalue weighted by Crippen LogP contribution is -2.17. The van der Waals surface area contributed by atoms with Crippen LogP contribution in [0, 0.1) is 0 Å². The molecule has 1 aromatic carbocycles. The topological polar surface area (TPSA) is 38.2 Å². The lowest BCUT2D eigenvalue weighted by atomic mass is 10.1. The Morgan fingerprint density at radius 2 is 1.71 bits per heavy atom. The fourth-order valence-corrected chi connectivity index (χ4v) is 1.30. The predicted octanol–water partition coefficient (Wildman–Crippen LogP) is 3.06. The van der Waals surface area contributed by atoms with E-state index in [2.05, 4.69) is 49.8 Å². The molecule has 3 heteroatoms. The van der Waals surface area contributed by atoms with Crippen LogP contribution in [0.1, 0.15) is 11.6 Å². The van der Waals surface area contributed by atoms with Crippen molar-refractivity contribution in [2.45, 2.75) is 6.04 Å². The summed E-state index contributed by atoms with van der Waals surface area (Å²) in [4.78, 5) is 2.14. The summed E-state index contributed by atoms with van der Waals surface area (Å²) in [7, 11) is 4.11. The maximum absolute atomic E-state index is 3.82. The van der Waals surface area contributed by atoms with Crippen molar-refractivity contribution in [2.24, 2.45) is 0 Å². The van der Waals surface area contributed by atoms with Crippen molar-refractivity contribution in [3.63, 3.8) is 0 Å². The van der Waals surface area contributed by atoms with Crippen LogP contribution in [-0.4, -0.2) is 19.0 Å². The van der Waals surface area contributed by atoms with Gasteiger partial charge in [-0.2, -0.15) is 0 Å². The summed E-state index contributed by atoms with van der Waals surface area (Å²) in [6.07, 6.45) is 1.95. The van der Waals surface area contributed by atoms with E-state index in [1.807, 2.05) is 12.1 Å². The van der Waals surface area contributed by atoms with Crippen LogP contribution in [0.25, 0.3) is 0 Å².